The number of carbonyl (C=O) groups is 1. The molecular weight excluding hydrogens is 226 g/mol. The fourth-order valence-corrected chi connectivity index (χ4v) is 1.81. The number of rotatable bonds is 2. The Morgan fingerprint density at radius 3 is 2.44 bits per heavy atom. The Kier molecular flexibility index (Phi) is 3.33. The lowest BCUT2D eigenvalue weighted by Gasteiger charge is -2.10. The number of phenols is 1. The molecule has 2 rings (SSSR count). The van der Waals surface area contributed by atoms with E-state index in [1.165, 1.54) is 0 Å². The summed E-state index contributed by atoms with van der Waals surface area (Å²) < 4.78 is 0. The second-order valence-electron chi connectivity index (χ2n) is 4.27. The summed E-state index contributed by atoms with van der Waals surface area (Å²) >= 11 is 0. The maximum Gasteiger partial charge on any atom is 0.255 e. The van der Waals surface area contributed by atoms with E-state index < -0.39 is 0 Å². The van der Waals surface area contributed by atoms with Gasteiger partial charge in [-0.25, -0.2) is 0 Å². The number of aryl methyl sites for hydroxylation is 2. The number of amides is 1. The SMILES string of the molecule is Cc1cc(O)ccc1NC(=O)c1ccccc1C. The molecule has 2 N–H and O–H groups in total. The third-order valence-electron chi connectivity index (χ3n) is 2.85. The summed E-state index contributed by atoms with van der Waals surface area (Å²) in [6, 6.07) is 12.3. The van der Waals surface area contributed by atoms with Crippen LogP contribution in [0, 0.1) is 13.8 Å². The molecule has 0 saturated carbocycles. The van der Waals surface area contributed by atoms with E-state index in [1.807, 2.05) is 32.0 Å². The molecule has 3 heteroatoms. The van der Waals surface area contributed by atoms with Crippen molar-refractivity contribution in [2.75, 3.05) is 5.32 Å². The standard InChI is InChI=1S/C15H15NO2/c1-10-5-3-4-6-13(10)15(18)16-14-8-7-12(17)9-11(14)2/h3-9,17H,1-2H3,(H,16,18). The minimum atomic E-state index is -0.137. The predicted octanol–water partition coefficient (Wildman–Crippen LogP) is 3.26. The maximum absolute atomic E-state index is 12.1. The van der Waals surface area contributed by atoms with Crippen LogP contribution in [0.1, 0.15) is 21.5 Å². The third-order valence-corrected chi connectivity index (χ3v) is 2.85. The van der Waals surface area contributed by atoms with Crippen molar-refractivity contribution in [2.45, 2.75) is 13.8 Å². The molecule has 0 heterocycles. The van der Waals surface area contributed by atoms with Gasteiger partial charge in [-0.15, -0.1) is 0 Å². The van der Waals surface area contributed by atoms with E-state index in [4.69, 9.17) is 0 Å². The molecule has 0 radical (unpaired) electrons. The van der Waals surface area contributed by atoms with Gasteiger partial charge >= 0.3 is 0 Å². The normalized spacial score (nSPS) is 10.1. The monoisotopic (exact) mass is 241 g/mol. The number of phenolic OH excluding ortho intramolecular Hbond substituents is 1. The average molecular weight is 241 g/mol. The predicted molar refractivity (Wildman–Crippen MR) is 72.0 cm³/mol. The molecule has 1 amide bonds. The fourth-order valence-electron chi connectivity index (χ4n) is 1.81. The van der Waals surface area contributed by atoms with Crippen molar-refractivity contribution in [3.05, 3.63) is 59.2 Å². The van der Waals surface area contributed by atoms with Crippen LogP contribution in [0.15, 0.2) is 42.5 Å². The number of hydrogen-bond donors (Lipinski definition) is 2. The molecule has 18 heavy (non-hydrogen) atoms. The highest BCUT2D eigenvalue weighted by molar-refractivity contribution is 6.05. The molecule has 0 bridgehead atoms. The zero-order chi connectivity index (χ0) is 13.1. The van der Waals surface area contributed by atoms with Gasteiger partial charge in [-0.3, -0.25) is 4.79 Å². The van der Waals surface area contributed by atoms with Crippen molar-refractivity contribution >= 4 is 11.6 Å². The zero-order valence-electron chi connectivity index (χ0n) is 10.4. The number of hydrogen-bond acceptors (Lipinski definition) is 2. The van der Waals surface area contributed by atoms with Crippen LogP contribution in [0.5, 0.6) is 5.75 Å². The van der Waals surface area contributed by atoms with Gasteiger partial charge in [-0.2, -0.15) is 0 Å². The quantitative estimate of drug-likeness (QED) is 0.793. The van der Waals surface area contributed by atoms with Crippen LogP contribution in [-0.4, -0.2) is 11.0 Å². The van der Waals surface area contributed by atoms with E-state index in [0.717, 1.165) is 11.1 Å². The lowest BCUT2D eigenvalue weighted by molar-refractivity contribution is 0.102. The Morgan fingerprint density at radius 2 is 1.78 bits per heavy atom. The molecule has 0 aliphatic rings. The van der Waals surface area contributed by atoms with Crippen LogP contribution in [0.4, 0.5) is 5.69 Å². The minimum Gasteiger partial charge on any atom is -0.508 e. The number of aromatic hydroxyl groups is 1. The van der Waals surface area contributed by atoms with E-state index in [9.17, 15) is 9.90 Å². The first-order chi connectivity index (χ1) is 8.58. The smallest absolute Gasteiger partial charge is 0.255 e. The number of benzene rings is 2. The Balaban J connectivity index is 2.24. The van der Waals surface area contributed by atoms with Gasteiger partial charge in [0.25, 0.3) is 5.91 Å². The van der Waals surface area contributed by atoms with Gasteiger partial charge in [0.05, 0.1) is 0 Å². The summed E-state index contributed by atoms with van der Waals surface area (Å²) in [5.41, 5.74) is 3.13. The van der Waals surface area contributed by atoms with Gasteiger partial charge in [0, 0.05) is 11.3 Å². The van der Waals surface area contributed by atoms with E-state index in [0.29, 0.717) is 11.3 Å². The molecule has 0 atom stereocenters. The Hall–Kier alpha value is -2.29. The molecule has 2 aromatic rings. The van der Waals surface area contributed by atoms with Gasteiger partial charge < -0.3 is 10.4 Å². The lowest BCUT2D eigenvalue weighted by Crippen LogP contribution is -2.13. The highest BCUT2D eigenvalue weighted by Crippen LogP contribution is 2.21. The average Bonchev–Trinajstić information content (AvgIpc) is 2.33. The molecule has 0 aliphatic heterocycles. The van der Waals surface area contributed by atoms with Crippen molar-refractivity contribution < 1.29 is 9.90 Å². The molecule has 2 aromatic carbocycles. The molecule has 92 valence electrons. The van der Waals surface area contributed by atoms with Crippen molar-refractivity contribution in [2.24, 2.45) is 0 Å². The number of nitrogens with one attached hydrogen (secondary N) is 1. The van der Waals surface area contributed by atoms with Crippen LogP contribution in [0.3, 0.4) is 0 Å². The van der Waals surface area contributed by atoms with E-state index in [1.54, 1.807) is 24.3 Å². The summed E-state index contributed by atoms with van der Waals surface area (Å²) in [6.45, 7) is 3.74. The highest BCUT2D eigenvalue weighted by atomic mass is 16.3. The molecule has 0 unspecified atom stereocenters. The molecule has 0 aliphatic carbocycles. The molecule has 0 aromatic heterocycles. The van der Waals surface area contributed by atoms with Crippen LogP contribution in [0.2, 0.25) is 0 Å². The second kappa shape index (κ2) is 4.92. The molecule has 0 saturated heterocycles. The first-order valence-electron chi connectivity index (χ1n) is 5.74. The van der Waals surface area contributed by atoms with Crippen molar-refractivity contribution in [3.63, 3.8) is 0 Å². The van der Waals surface area contributed by atoms with Crippen LogP contribution in [0.25, 0.3) is 0 Å². The summed E-state index contributed by atoms with van der Waals surface area (Å²) in [7, 11) is 0. The first kappa shape index (κ1) is 12.2. The molecule has 0 spiro atoms. The molecule has 3 nitrogen and oxygen atoms in total. The summed E-state index contributed by atoms with van der Waals surface area (Å²) in [6.07, 6.45) is 0. The van der Waals surface area contributed by atoms with Crippen molar-refractivity contribution in [1.29, 1.82) is 0 Å². The highest BCUT2D eigenvalue weighted by Gasteiger charge is 2.09. The fraction of sp³-hybridized carbons (Fsp3) is 0.133. The molecular formula is C15H15NO2. The molecule has 0 fully saturated rings. The lowest BCUT2D eigenvalue weighted by atomic mass is 10.1. The maximum atomic E-state index is 12.1. The third kappa shape index (κ3) is 2.51. The zero-order valence-corrected chi connectivity index (χ0v) is 10.4. The second-order valence-corrected chi connectivity index (χ2v) is 4.27. The largest absolute Gasteiger partial charge is 0.508 e. The Labute approximate surface area is 106 Å². The van der Waals surface area contributed by atoms with Gasteiger partial charge in [0.15, 0.2) is 0 Å². The minimum absolute atomic E-state index is 0.137. The summed E-state index contributed by atoms with van der Waals surface area (Å²) in [5, 5.41) is 12.2. The van der Waals surface area contributed by atoms with Gasteiger partial charge in [-0.1, -0.05) is 18.2 Å². The van der Waals surface area contributed by atoms with E-state index >= 15 is 0 Å². The van der Waals surface area contributed by atoms with Crippen LogP contribution in [-0.2, 0) is 0 Å². The Morgan fingerprint density at radius 1 is 1.06 bits per heavy atom. The van der Waals surface area contributed by atoms with Crippen LogP contribution < -0.4 is 5.32 Å². The van der Waals surface area contributed by atoms with Gasteiger partial charge in [0.2, 0.25) is 0 Å². The number of carbonyl (C=O) groups excluding carboxylic acids is 1. The first-order valence-corrected chi connectivity index (χ1v) is 5.74. The van der Waals surface area contributed by atoms with E-state index in [-0.39, 0.29) is 11.7 Å². The topological polar surface area (TPSA) is 49.3 Å². The van der Waals surface area contributed by atoms with Gasteiger partial charge in [0.1, 0.15) is 5.75 Å². The number of anilines is 1. The van der Waals surface area contributed by atoms with Crippen LogP contribution >= 0.6 is 0 Å². The van der Waals surface area contributed by atoms with Crippen molar-refractivity contribution in [3.8, 4) is 5.75 Å². The van der Waals surface area contributed by atoms with E-state index in [2.05, 4.69) is 5.32 Å². The Bertz CT molecular complexity index is 591. The summed E-state index contributed by atoms with van der Waals surface area (Å²) in [5.74, 6) is 0.0586. The van der Waals surface area contributed by atoms with Gasteiger partial charge in [-0.05, 0) is 49.2 Å². The van der Waals surface area contributed by atoms with Crippen molar-refractivity contribution in [1.82, 2.24) is 0 Å². The summed E-state index contributed by atoms with van der Waals surface area (Å²) in [4.78, 5) is 12.1.